The fourth-order valence-electron chi connectivity index (χ4n) is 1.66. The summed E-state index contributed by atoms with van der Waals surface area (Å²) in [5, 5.41) is 3.33. The lowest BCUT2D eigenvalue weighted by molar-refractivity contribution is 0.127. The van der Waals surface area contributed by atoms with Crippen LogP contribution in [0.2, 0.25) is 0 Å². The molecule has 2 heteroatoms. The fourth-order valence-corrected chi connectivity index (χ4v) is 1.66. The largest absolute Gasteiger partial charge is 0.314 e. The molecule has 0 radical (unpaired) electrons. The highest BCUT2D eigenvalue weighted by Crippen LogP contribution is 2.24. The molecule has 0 unspecified atom stereocenters. The van der Waals surface area contributed by atoms with Gasteiger partial charge in [-0.1, -0.05) is 6.42 Å². The van der Waals surface area contributed by atoms with E-state index in [1.807, 2.05) is 7.05 Å². The average molecular weight is 170 g/mol. The Morgan fingerprint density at radius 2 is 2.00 bits per heavy atom. The minimum Gasteiger partial charge on any atom is -0.314 e. The summed E-state index contributed by atoms with van der Waals surface area (Å²) in [6.45, 7) is 5.65. The summed E-state index contributed by atoms with van der Waals surface area (Å²) in [6, 6.07) is 0.859. The standard InChI is InChI=1S/C10H22N2/c1-10(2,11-3)8-12(4)9-6-5-7-9/h9,11H,5-8H2,1-4H3. The maximum atomic E-state index is 3.33. The molecule has 1 rings (SSSR count). The highest BCUT2D eigenvalue weighted by molar-refractivity contribution is 4.85. The first kappa shape index (κ1) is 10.0. The molecule has 1 saturated carbocycles. The molecule has 0 bridgehead atoms. The molecular formula is C10H22N2. The predicted octanol–water partition coefficient (Wildman–Crippen LogP) is 1.47. The first-order chi connectivity index (χ1) is 5.55. The van der Waals surface area contributed by atoms with Crippen molar-refractivity contribution in [2.24, 2.45) is 0 Å². The highest BCUT2D eigenvalue weighted by atomic mass is 15.2. The predicted molar refractivity (Wildman–Crippen MR) is 53.4 cm³/mol. The molecule has 0 spiro atoms. The Hall–Kier alpha value is -0.0800. The monoisotopic (exact) mass is 170 g/mol. The topological polar surface area (TPSA) is 15.3 Å². The van der Waals surface area contributed by atoms with Crippen molar-refractivity contribution >= 4 is 0 Å². The fraction of sp³-hybridized carbons (Fsp3) is 1.00. The van der Waals surface area contributed by atoms with Crippen molar-refractivity contribution in [3.63, 3.8) is 0 Å². The van der Waals surface area contributed by atoms with Crippen LogP contribution in [-0.2, 0) is 0 Å². The van der Waals surface area contributed by atoms with Crippen LogP contribution in [0.15, 0.2) is 0 Å². The van der Waals surface area contributed by atoms with E-state index in [2.05, 4.69) is 31.1 Å². The van der Waals surface area contributed by atoms with Gasteiger partial charge in [-0.3, -0.25) is 0 Å². The smallest absolute Gasteiger partial charge is 0.0249 e. The number of nitrogens with zero attached hydrogens (tertiary/aromatic N) is 1. The van der Waals surface area contributed by atoms with Gasteiger partial charge in [-0.15, -0.1) is 0 Å². The van der Waals surface area contributed by atoms with E-state index in [-0.39, 0.29) is 5.54 Å². The van der Waals surface area contributed by atoms with Crippen LogP contribution in [0.3, 0.4) is 0 Å². The number of likely N-dealkylation sites (N-methyl/N-ethyl adjacent to an activating group) is 2. The van der Waals surface area contributed by atoms with Gasteiger partial charge >= 0.3 is 0 Å². The van der Waals surface area contributed by atoms with E-state index in [1.165, 1.54) is 19.3 Å². The van der Waals surface area contributed by atoms with Gasteiger partial charge in [0.15, 0.2) is 0 Å². The van der Waals surface area contributed by atoms with Gasteiger partial charge in [-0.05, 0) is 40.8 Å². The van der Waals surface area contributed by atoms with Gasteiger partial charge in [-0.25, -0.2) is 0 Å². The Morgan fingerprint density at radius 1 is 1.42 bits per heavy atom. The van der Waals surface area contributed by atoms with Gasteiger partial charge in [0, 0.05) is 18.1 Å². The lowest BCUT2D eigenvalue weighted by Gasteiger charge is -2.39. The van der Waals surface area contributed by atoms with Crippen molar-refractivity contribution in [3.8, 4) is 0 Å². The van der Waals surface area contributed by atoms with Crippen molar-refractivity contribution < 1.29 is 0 Å². The highest BCUT2D eigenvalue weighted by Gasteiger charge is 2.26. The van der Waals surface area contributed by atoms with Crippen molar-refractivity contribution in [2.45, 2.75) is 44.7 Å². The van der Waals surface area contributed by atoms with Crippen molar-refractivity contribution in [3.05, 3.63) is 0 Å². The Kier molecular flexibility index (Phi) is 3.13. The quantitative estimate of drug-likeness (QED) is 0.687. The first-order valence-electron chi connectivity index (χ1n) is 4.94. The van der Waals surface area contributed by atoms with Crippen molar-refractivity contribution in [1.29, 1.82) is 0 Å². The summed E-state index contributed by atoms with van der Waals surface area (Å²) in [7, 11) is 4.28. The molecular weight excluding hydrogens is 148 g/mol. The summed E-state index contributed by atoms with van der Waals surface area (Å²) >= 11 is 0. The lowest BCUT2D eigenvalue weighted by atomic mass is 9.90. The van der Waals surface area contributed by atoms with Crippen LogP contribution in [0.1, 0.15) is 33.1 Å². The molecule has 12 heavy (non-hydrogen) atoms. The second kappa shape index (κ2) is 3.75. The maximum Gasteiger partial charge on any atom is 0.0249 e. The molecule has 72 valence electrons. The maximum absolute atomic E-state index is 3.33. The third-order valence-corrected chi connectivity index (χ3v) is 3.02. The molecule has 1 aliphatic rings. The minimum atomic E-state index is 0.254. The summed E-state index contributed by atoms with van der Waals surface area (Å²) in [5.41, 5.74) is 0.254. The molecule has 1 fully saturated rings. The second-order valence-corrected chi connectivity index (χ2v) is 4.63. The van der Waals surface area contributed by atoms with E-state index in [0.29, 0.717) is 0 Å². The van der Waals surface area contributed by atoms with Crippen molar-refractivity contribution in [1.82, 2.24) is 10.2 Å². The third kappa shape index (κ3) is 2.46. The zero-order chi connectivity index (χ0) is 9.19. The van der Waals surface area contributed by atoms with Crippen LogP contribution in [0.4, 0.5) is 0 Å². The summed E-state index contributed by atoms with van der Waals surface area (Å²) in [6.07, 6.45) is 4.22. The molecule has 2 nitrogen and oxygen atoms in total. The van der Waals surface area contributed by atoms with Crippen LogP contribution in [0.25, 0.3) is 0 Å². The van der Waals surface area contributed by atoms with E-state index in [0.717, 1.165) is 12.6 Å². The molecule has 1 N–H and O–H groups in total. The SMILES string of the molecule is CNC(C)(C)CN(C)C1CCC1. The lowest BCUT2D eigenvalue weighted by Crippen LogP contribution is -2.50. The van der Waals surface area contributed by atoms with Crippen LogP contribution in [0, 0.1) is 0 Å². The number of rotatable bonds is 4. The van der Waals surface area contributed by atoms with E-state index in [4.69, 9.17) is 0 Å². The average Bonchev–Trinajstić information content (AvgIpc) is 1.82. The number of hydrogen-bond donors (Lipinski definition) is 1. The second-order valence-electron chi connectivity index (χ2n) is 4.63. The van der Waals surface area contributed by atoms with Crippen molar-refractivity contribution in [2.75, 3.05) is 20.6 Å². The minimum absolute atomic E-state index is 0.254. The summed E-state index contributed by atoms with van der Waals surface area (Å²) in [4.78, 5) is 2.49. The first-order valence-corrected chi connectivity index (χ1v) is 4.94. The Balaban J connectivity index is 2.28. The third-order valence-electron chi connectivity index (χ3n) is 3.02. The van der Waals surface area contributed by atoms with E-state index >= 15 is 0 Å². The molecule has 1 aliphatic carbocycles. The molecule has 0 atom stereocenters. The zero-order valence-corrected chi connectivity index (χ0v) is 8.85. The van der Waals surface area contributed by atoms with Crippen LogP contribution < -0.4 is 5.32 Å². The summed E-state index contributed by atoms with van der Waals surface area (Å²) < 4.78 is 0. The number of nitrogens with one attached hydrogen (secondary N) is 1. The molecule has 0 aromatic carbocycles. The molecule has 0 aromatic heterocycles. The van der Waals surface area contributed by atoms with Gasteiger partial charge in [0.1, 0.15) is 0 Å². The number of hydrogen-bond acceptors (Lipinski definition) is 2. The van der Waals surface area contributed by atoms with Gasteiger partial charge < -0.3 is 10.2 Å². The van der Waals surface area contributed by atoms with Crippen LogP contribution >= 0.6 is 0 Å². The van der Waals surface area contributed by atoms with E-state index in [9.17, 15) is 0 Å². The van der Waals surface area contributed by atoms with E-state index < -0.39 is 0 Å². The van der Waals surface area contributed by atoms with E-state index in [1.54, 1.807) is 0 Å². The molecule has 0 aromatic rings. The van der Waals surface area contributed by atoms with Gasteiger partial charge in [-0.2, -0.15) is 0 Å². The Labute approximate surface area is 76.3 Å². The molecule has 0 aliphatic heterocycles. The Bertz CT molecular complexity index is 139. The molecule has 0 amide bonds. The van der Waals surface area contributed by atoms with Gasteiger partial charge in [0.25, 0.3) is 0 Å². The van der Waals surface area contributed by atoms with Crippen LogP contribution in [-0.4, -0.2) is 37.1 Å². The normalized spacial score (nSPS) is 19.8. The summed E-state index contributed by atoms with van der Waals surface area (Å²) in [5.74, 6) is 0. The van der Waals surface area contributed by atoms with Gasteiger partial charge in [0.2, 0.25) is 0 Å². The van der Waals surface area contributed by atoms with Gasteiger partial charge in [0.05, 0.1) is 0 Å². The Morgan fingerprint density at radius 3 is 2.33 bits per heavy atom. The zero-order valence-electron chi connectivity index (χ0n) is 8.85. The van der Waals surface area contributed by atoms with Crippen LogP contribution in [0.5, 0.6) is 0 Å². The molecule has 0 heterocycles. The molecule has 0 saturated heterocycles.